The van der Waals surface area contributed by atoms with Crippen LogP contribution in [0.25, 0.3) is 0 Å². The molecule has 1 aromatic heterocycles. The standard InChI is InChI=1S/C28H30N4O4/c1-21-12-13-26(36-21)19-31(17-22-7-3-2-4-8-22)27(33)20-32(18-25-11-6-14-35-25)28(34)30-24-10-5-9-23(15-24)16-29/h2-5,7-10,12-13,15,25H,6,11,14,17-20H2,1H3,(H,30,34). The van der Waals surface area contributed by atoms with Gasteiger partial charge < -0.3 is 24.3 Å². The zero-order valence-corrected chi connectivity index (χ0v) is 20.4. The first-order valence-corrected chi connectivity index (χ1v) is 12.0. The van der Waals surface area contributed by atoms with Crippen LogP contribution >= 0.6 is 0 Å². The van der Waals surface area contributed by atoms with Gasteiger partial charge in [0.15, 0.2) is 0 Å². The van der Waals surface area contributed by atoms with E-state index in [-0.39, 0.29) is 18.6 Å². The Balaban J connectivity index is 1.52. The fourth-order valence-electron chi connectivity index (χ4n) is 4.18. The third kappa shape index (κ3) is 6.96. The van der Waals surface area contributed by atoms with Gasteiger partial charge in [-0.2, -0.15) is 5.26 Å². The van der Waals surface area contributed by atoms with Crippen molar-refractivity contribution in [2.45, 2.75) is 39.0 Å². The van der Waals surface area contributed by atoms with Crippen molar-refractivity contribution >= 4 is 17.6 Å². The summed E-state index contributed by atoms with van der Waals surface area (Å²) in [6.07, 6.45) is 1.64. The maximum atomic E-state index is 13.6. The van der Waals surface area contributed by atoms with E-state index in [9.17, 15) is 14.9 Å². The molecule has 36 heavy (non-hydrogen) atoms. The van der Waals surface area contributed by atoms with Gasteiger partial charge in [0.05, 0.1) is 24.3 Å². The minimum atomic E-state index is -0.414. The molecule has 2 heterocycles. The summed E-state index contributed by atoms with van der Waals surface area (Å²) >= 11 is 0. The Morgan fingerprint density at radius 3 is 2.58 bits per heavy atom. The van der Waals surface area contributed by atoms with Gasteiger partial charge in [-0.25, -0.2) is 4.79 Å². The van der Waals surface area contributed by atoms with Gasteiger partial charge in [0, 0.05) is 25.4 Å². The average molecular weight is 487 g/mol. The summed E-state index contributed by atoms with van der Waals surface area (Å²) < 4.78 is 11.5. The highest BCUT2D eigenvalue weighted by atomic mass is 16.5. The molecule has 1 N–H and O–H groups in total. The van der Waals surface area contributed by atoms with Gasteiger partial charge >= 0.3 is 6.03 Å². The van der Waals surface area contributed by atoms with E-state index >= 15 is 0 Å². The summed E-state index contributed by atoms with van der Waals surface area (Å²) in [4.78, 5) is 30.0. The largest absolute Gasteiger partial charge is 0.464 e. The molecule has 0 spiro atoms. The van der Waals surface area contributed by atoms with Crippen molar-refractivity contribution < 1.29 is 18.7 Å². The van der Waals surface area contributed by atoms with E-state index in [1.54, 1.807) is 29.2 Å². The highest BCUT2D eigenvalue weighted by Crippen LogP contribution is 2.18. The smallest absolute Gasteiger partial charge is 0.322 e. The third-order valence-corrected chi connectivity index (χ3v) is 6.02. The minimum absolute atomic E-state index is 0.115. The van der Waals surface area contributed by atoms with Crippen molar-refractivity contribution in [3.63, 3.8) is 0 Å². The van der Waals surface area contributed by atoms with Crippen LogP contribution < -0.4 is 5.32 Å². The summed E-state index contributed by atoms with van der Waals surface area (Å²) in [6.45, 7) is 3.38. The van der Waals surface area contributed by atoms with Gasteiger partial charge in [0.2, 0.25) is 5.91 Å². The van der Waals surface area contributed by atoms with E-state index < -0.39 is 6.03 Å². The Bertz CT molecular complexity index is 1210. The SMILES string of the molecule is Cc1ccc(CN(Cc2ccccc2)C(=O)CN(CC2CCCO2)C(=O)Nc2cccc(C#N)c2)o1. The number of hydrogen-bond donors (Lipinski definition) is 1. The van der Waals surface area contributed by atoms with Gasteiger partial charge in [-0.3, -0.25) is 4.79 Å². The van der Waals surface area contributed by atoms with Crippen LogP contribution in [0.3, 0.4) is 0 Å². The summed E-state index contributed by atoms with van der Waals surface area (Å²) in [5.41, 5.74) is 1.92. The molecule has 0 aliphatic carbocycles. The molecule has 0 radical (unpaired) electrons. The molecule has 1 aliphatic heterocycles. The average Bonchev–Trinajstić information content (AvgIpc) is 3.55. The molecule has 186 valence electrons. The Hall–Kier alpha value is -4.09. The zero-order valence-electron chi connectivity index (χ0n) is 20.4. The van der Waals surface area contributed by atoms with Crippen LogP contribution in [-0.2, 0) is 22.6 Å². The number of aryl methyl sites for hydroxylation is 1. The number of anilines is 1. The predicted octanol–water partition coefficient (Wildman–Crippen LogP) is 4.70. The molecule has 2 aromatic carbocycles. The normalized spacial score (nSPS) is 14.7. The van der Waals surface area contributed by atoms with Crippen molar-refractivity contribution in [2.75, 3.05) is 25.0 Å². The first-order valence-electron chi connectivity index (χ1n) is 12.0. The highest BCUT2D eigenvalue weighted by molar-refractivity contribution is 5.92. The van der Waals surface area contributed by atoms with Crippen molar-refractivity contribution in [3.8, 4) is 6.07 Å². The van der Waals surface area contributed by atoms with Gasteiger partial charge in [-0.1, -0.05) is 36.4 Å². The van der Waals surface area contributed by atoms with Crippen molar-refractivity contribution in [3.05, 3.63) is 89.4 Å². The van der Waals surface area contributed by atoms with E-state index in [0.717, 1.165) is 24.2 Å². The summed E-state index contributed by atoms with van der Waals surface area (Å²) in [5.74, 6) is 1.25. The van der Waals surface area contributed by atoms with Crippen molar-refractivity contribution in [2.24, 2.45) is 0 Å². The Morgan fingerprint density at radius 2 is 1.89 bits per heavy atom. The molecule has 8 nitrogen and oxygen atoms in total. The number of rotatable bonds is 9. The molecule has 1 saturated heterocycles. The molecule has 1 atom stereocenters. The molecule has 1 fully saturated rings. The number of carbonyl (C=O) groups is 2. The number of ether oxygens (including phenoxy) is 1. The van der Waals surface area contributed by atoms with E-state index in [1.807, 2.05) is 49.4 Å². The lowest BCUT2D eigenvalue weighted by atomic mass is 10.2. The lowest BCUT2D eigenvalue weighted by Crippen LogP contribution is -2.46. The molecule has 8 heteroatoms. The highest BCUT2D eigenvalue weighted by Gasteiger charge is 2.27. The van der Waals surface area contributed by atoms with Crippen molar-refractivity contribution in [1.82, 2.24) is 9.80 Å². The zero-order chi connectivity index (χ0) is 25.3. The van der Waals surface area contributed by atoms with Crippen LogP contribution in [-0.4, -0.2) is 47.5 Å². The molecule has 3 aromatic rings. The van der Waals surface area contributed by atoms with E-state index in [4.69, 9.17) is 9.15 Å². The lowest BCUT2D eigenvalue weighted by Gasteiger charge is -2.29. The van der Waals surface area contributed by atoms with E-state index in [2.05, 4.69) is 11.4 Å². The van der Waals surface area contributed by atoms with Crippen LogP contribution in [0, 0.1) is 18.3 Å². The monoisotopic (exact) mass is 486 g/mol. The molecule has 3 amide bonds. The molecule has 0 saturated carbocycles. The summed E-state index contributed by atoms with van der Waals surface area (Å²) in [7, 11) is 0. The number of hydrogen-bond acceptors (Lipinski definition) is 5. The number of benzene rings is 2. The second-order valence-electron chi connectivity index (χ2n) is 8.89. The number of urea groups is 1. The van der Waals surface area contributed by atoms with E-state index in [1.165, 1.54) is 4.90 Å². The maximum Gasteiger partial charge on any atom is 0.322 e. The molecule has 1 unspecified atom stereocenters. The van der Waals surface area contributed by atoms with Crippen molar-refractivity contribution in [1.29, 1.82) is 5.26 Å². The fourth-order valence-corrected chi connectivity index (χ4v) is 4.18. The second kappa shape index (κ2) is 12.0. The lowest BCUT2D eigenvalue weighted by molar-refractivity contribution is -0.133. The number of amides is 3. The minimum Gasteiger partial charge on any atom is -0.464 e. The number of nitriles is 1. The molecule has 0 bridgehead atoms. The van der Waals surface area contributed by atoms with Gasteiger partial charge in [-0.05, 0) is 55.7 Å². The van der Waals surface area contributed by atoms with Crippen LogP contribution in [0.15, 0.2) is 71.1 Å². The van der Waals surface area contributed by atoms with Crippen LogP contribution in [0.1, 0.15) is 35.5 Å². The topological polar surface area (TPSA) is 98.8 Å². The second-order valence-corrected chi connectivity index (χ2v) is 8.89. The summed E-state index contributed by atoms with van der Waals surface area (Å²) in [5, 5.41) is 12.0. The number of nitrogens with zero attached hydrogens (tertiary/aromatic N) is 3. The quantitative estimate of drug-likeness (QED) is 0.473. The predicted molar refractivity (Wildman–Crippen MR) is 135 cm³/mol. The Morgan fingerprint density at radius 1 is 1.06 bits per heavy atom. The third-order valence-electron chi connectivity index (χ3n) is 6.02. The van der Waals surface area contributed by atoms with Crippen LogP contribution in [0.5, 0.6) is 0 Å². The molecular weight excluding hydrogens is 456 g/mol. The van der Waals surface area contributed by atoms with Gasteiger partial charge in [-0.15, -0.1) is 0 Å². The summed E-state index contributed by atoms with van der Waals surface area (Å²) in [6, 6.07) is 21.8. The number of carbonyl (C=O) groups excluding carboxylic acids is 2. The van der Waals surface area contributed by atoms with Crippen LogP contribution in [0.4, 0.5) is 10.5 Å². The van der Waals surface area contributed by atoms with Gasteiger partial charge in [0.1, 0.15) is 18.1 Å². The molecule has 1 aliphatic rings. The molecular formula is C28H30N4O4. The molecule has 4 rings (SSSR count). The first kappa shape index (κ1) is 25.0. The Labute approximate surface area is 211 Å². The fraction of sp³-hybridized carbons (Fsp3) is 0.321. The number of furan rings is 1. The van der Waals surface area contributed by atoms with Gasteiger partial charge in [0.25, 0.3) is 0 Å². The van der Waals surface area contributed by atoms with Crippen LogP contribution in [0.2, 0.25) is 0 Å². The Kier molecular flexibility index (Phi) is 8.37. The first-order chi connectivity index (χ1) is 17.5. The number of nitrogens with one attached hydrogen (secondary N) is 1. The van der Waals surface area contributed by atoms with E-state index in [0.29, 0.717) is 43.3 Å². The maximum absolute atomic E-state index is 13.6.